The van der Waals surface area contributed by atoms with Crippen LogP contribution in [0.4, 0.5) is 5.69 Å². The van der Waals surface area contributed by atoms with E-state index >= 15 is 0 Å². The fourth-order valence-corrected chi connectivity index (χ4v) is 2.30. The Hall–Kier alpha value is -1.69. The van der Waals surface area contributed by atoms with Gasteiger partial charge in [-0.25, -0.2) is 4.79 Å². The van der Waals surface area contributed by atoms with Crippen molar-refractivity contribution >= 4 is 52.4 Å². The second-order valence-electron chi connectivity index (χ2n) is 4.18. The topological polar surface area (TPSA) is 71.3 Å². The third kappa shape index (κ3) is 3.15. The molecule has 2 rings (SSSR count). The highest BCUT2D eigenvalue weighted by molar-refractivity contribution is 6.42. The number of nitrogens with zero attached hydrogens (tertiary/aromatic N) is 1. The number of aromatic carboxylic acids is 1. The van der Waals surface area contributed by atoms with Crippen molar-refractivity contribution < 1.29 is 14.7 Å². The minimum absolute atomic E-state index is 0.0305. The van der Waals surface area contributed by atoms with Crippen LogP contribution in [-0.4, -0.2) is 21.6 Å². The Labute approximate surface area is 135 Å². The number of carboxylic acid groups (broad SMARTS) is 1. The van der Waals surface area contributed by atoms with Gasteiger partial charge in [0.25, 0.3) is 5.91 Å². The van der Waals surface area contributed by atoms with E-state index in [1.165, 1.54) is 28.8 Å². The van der Waals surface area contributed by atoms with E-state index in [4.69, 9.17) is 39.9 Å². The van der Waals surface area contributed by atoms with Crippen LogP contribution < -0.4 is 5.32 Å². The van der Waals surface area contributed by atoms with Gasteiger partial charge in [0, 0.05) is 7.05 Å². The number of nitrogens with one attached hydrogen (secondary N) is 1. The van der Waals surface area contributed by atoms with Crippen LogP contribution in [0.3, 0.4) is 0 Å². The predicted octanol–water partition coefficient (Wildman–Crippen LogP) is 3.94. The Bertz CT molecular complexity index is 741. The van der Waals surface area contributed by atoms with Gasteiger partial charge < -0.3 is 15.0 Å². The molecule has 1 aromatic carbocycles. The lowest BCUT2D eigenvalue weighted by molar-refractivity contribution is 0.0696. The fraction of sp³-hybridized carbons (Fsp3) is 0.0769. The number of aromatic nitrogens is 1. The summed E-state index contributed by atoms with van der Waals surface area (Å²) in [5, 5.41) is 12.0. The summed E-state index contributed by atoms with van der Waals surface area (Å²) in [6, 6.07) is 5.44. The van der Waals surface area contributed by atoms with E-state index in [2.05, 4.69) is 5.32 Å². The second-order valence-corrected chi connectivity index (χ2v) is 5.35. The molecule has 0 aliphatic rings. The molecule has 0 aliphatic carbocycles. The van der Waals surface area contributed by atoms with Crippen molar-refractivity contribution in [3.8, 4) is 0 Å². The first-order valence-electron chi connectivity index (χ1n) is 5.66. The van der Waals surface area contributed by atoms with Crippen LogP contribution in [0.25, 0.3) is 0 Å². The van der Waals surface area contributed by atoms with E-state index in [-0.39, 0.29) is 26.5 Å². The number of hydrogen-bond acceptors (Lipinski definition) is 2. The summed E-state index contributed by atoms with van der Waals surface area (Å²) in [4.78, 5) is 23.0. The zero-order valence-electron chi connectivity index (χ0n) is 10.7. The molecule has 1 amide bonds. The molecule has 0 fully saturated rings. The molecule has 0 saturated carbocycles. The summed E-state index contributed by atoms with van der Waals surface area (Å²) in [6.45, 7) is 0. The molecule has 1 aromatic heterocycles. The smallest absolute Gasteiger partial charge is 0.335 e. The summed E-state index contributed by atoms with van der Waals surface area (Å²) in [5.41, 5.74) is 0.575. The van der Waals surface area contributed by atoms with Crippen LogP contribution in [0.15, 0.2) is 24.3 Å². The first kappa shape index (κ1) is 15.7. The minimum Gasteiger partial charge on any atom is -0.478 e. The maximum absolute atomic E-state index is 12.1. The molecule has 0 radical (unpaired) electrons. The number of carbonyl (C=O) groups is 2. The second kappa shape index (κ2) is 5.97. The molecule has 0 unspecified atom stereocenters. The van der Waals surface area contributed by atoms with Gasteiger partial charge in [-0.1, -0.05) is 34.8 Å². The largest absolute Gasteiger partial charge is 0.478 e. The Morgan fingerprint density at radius 1 is 1.14 bits per heavy atom. The molecule has 2 N–H and O–H groups in total. The van der Waals surface area contributed by atoms with Crippen molar-refractivity contribution in [1.82, 2.24) is 4.57 Å². The van der Waals surface area contributed by atoms with Crippen molar-refractivity contribution in [2.24, 2.45) is 7.05 Å². The van der Waals surface area contributed by atoms with E-state index in [9.17, 15) is 9.59 Å². The third-order valence-electron chi connectivity index (χ3n) is 2.81. The van der Waals surface area contributed by atoms with Crippen LogP contribution in [0.2, 0.25) is 15.2 Å². The highest BCUT2D eigenvalue weighted by atomic mass is 35.5. The molecule has 0 spiro atoms. The van der Waals surface area contributed by atoms with Gasteiger partial charge >= 0.3 is 5.97 Å². The molecular weight excluding hydrogens is 339 g/mol. The van der Waals surface area contributed by atoms with Crippen LogP contribution in [0.1, 0.15) is 20.8 Å². The Kier molecular flexibility index (Phi) is 4.46. The number of hydrogen-bond donors (Lipinski definition) is 2. The van der Waals surface area contributed by atoms with Crippen LogP contribution >= 0.6 is 34.8 Å². The SMILES string of the molecule is Cn1c(C(=O)Nc2ccc(C(=O)O)cc2Cl)cc(Cl)c1Cl. The van der Waals surface area contributed by atoms with E-state index in [1.807, 2.05) is 0 Å². The summed E-state index contributed by atoms with van der Waals surface area (Å²) >= 11 is 17.7. The third-order valence-corrected chi connectivity index (χ3v) is 3.97. The van der Waals surface area contributed by atoms with Crippen molar-refractivity contribution in [3.05, 3.63) is 50.7 Å². The maximum Gasteiger partial charge on any atom is 0.335 e. The molecule has 2 aromatic rings. The normalized spacial score (nSPS) is 10.5. The van der Waals surface area contributed by atoms with Gasteiger partial charge in [-0.05, 0) is 24.3 Å². The van der Waals surface area contributed by atoms with E-state index < -0.39 is 11.9 Å². The average molecular weight is 348 g/mol. The van der Waals surface area contributed by atoms with Crippen LogP contribution in [-0.2, 0) is 7.05 Å². The van der Waals surface area contributed by atoms with Gasteiger partial charge in [-0.15, -0.1) is 0 Å². The lowest BCUT2D eigenvalue weighted by Crippen LogP contribution is -2.16. The molecule has 0 bridgehead atoms. The van der Waals surface area contributed by atoms with Gasteiger partial charge in [-0.3, -0.25) is 4.79 Å². The molecule has 1 heterocycles. The van der Waals surface area contributed by atoms with Crippen molar-refractivity contribution in [2.45, 2.75) is 0 Å². The monoisotopic (exact) mass is 346 g/mol. The molecule has 21 heavy (non-hydrogen) atoms. The average Bonchev–Trinajstić information content (AvgIpc) is 2.68. The first-order valence-corrected chi connectivity index (χ1v) is 6.79. The van der Waals surface area contributed by atoms with Gasteiger partial charge in [0.15, 0.2) is 0 Å². The van der Waals surface area contributed by atoms with Crippen LogP contribution in [0.5, 0.6) is 0 Å². The fourth-order valence-electron chi connectivity index (χ4n) is 1.70. The molecule has 110 valence electrons. The highest BCUT2D eigenvalue weighted by Gasteiger charge is 2.17. The lowest BCUT2D eigenvalue weighted by atomic mass is 10.2. The number of rotatable bonds is 3. The number of benzene rings is 1. The number of halogens is 3. The zero-order chi connectivity index (χ0) is 15.7. The van der Waals surface area contributed by atoms with Crippen molar-refractivity contribution in [2.75, 3.05) is 5.32 Å². The molecule has 0 saturated heterocycles. The van der Waals surface area contributed by atoms with Gasteiger partial charge in [0.1, 0.15) is 10.8 Å². The van der Waals surface area contributed by atoms with Crippen molar-refractivity contribution in [3.63, 3.8) is 0 Å². The Morgan fingerprint density at radius 2 is 1.81 bits per heavy atom. The standard InChI is InChI=1S/C13H9Cl3N2O3/c1-18-10(5-8(15)11(18)16)12(19)17-9-3-2-6(13(20)21)4-7(9)14/h2-5H,1H3,(H,17,19)(H,20,21). The van der Waals surface area contributed by atoms with Gasteiger partial charge in [-0.2, -0.15) is 0 Å². The Morgan fingerprint density at radius 3 is 2.29 bits per heavy atom. The summed E-state index contributed by atoms with van der Waals surface area (Å²) in [6.07, 6.45) is 0. The van der Waals surface area contributed by atoms with Gasteiger partial charge in [0.2, 0.25) is 0 Å². The van der Waals surface area contributed by atoms with E-state index in [1.54, 1.807) is 7.05 Å². The van der Waals surface area contributed by atoms with Gasteiger partial charge in [0.05, 0.1) is 21.3 Å². The first-order chi connectivity index (χ1) is 9.81. The number of carboxylic acids is 1. The van der Waals surface area contributed by atoms with Crippen molar-refractivity contribution in [1.29, 1.82) is 0 Å². The predicted molar refractivity (Wildman–Crippen MR) is 81.8 cm³/mol. The maximum atomic E-state index is 12.1. The molecule has 8 heteroatoms. The zero-order valence-corrected chi connectivity index (χ0v) is 12.9. The molecule has 0 atom stereocenters. The number of carbonyl (C=O) groups excluding carboxylic acids is 1. The molecule has 5 nitrogen and oxygen atoms in total. The van der Waals surface area contributed by atoms with E-state index in [0.717, 1.165) is 0 Å². The molecular formula is C13H9Cl3N2O3. The van der Waals surface area contributed by atoms with E-state index in [0.29, 0.717) is 5.69 Å². The number of anilines is 1. The summed E-state index contributed by atoms with van der Waals surface area (Å²) in [7, 11) is 1.60. The molecule has 0 aliphatic heterocycles. The Balaban J connectivity index is 2.27. The number of amides is 1. The highest BCUT2D eigenvalue weighted by Crippen LogP contribution is 2.27. The summed E-state index contributed by atoms with van der Waals surface area (Å²) in [5.74, 6) is -1.56. The summed E-state index contributed by atoms with van der Waals surface area (Å²) < 4.78 is 1.43. The lowest BCUT2D eigenvalue weighted by Gasteiger charge is -2.08. The van der Waals surface area contributed by atoms with Crippen LogP contribution in [0, 0.1) is 0 Å². The quantitative estimate of drug-likeness (QED) is 0.883. The minimum atomic E-state index is -1.10.